The second-order valence-corrected chi connectivity index (χ2v) is 8.12. The number of hydrogen-bond donors (Lipinski definition) is 2. The highest BCUT2D eigenvalue weighted by molar-refractivity contribution is 7.90. The maximum Gasteiger partial charge on any atom is 0.225 e. The lowest BCUT2D eigenvalue weighted by Crippen LogP contribution is -2.50. The largest absolute Gasteiger partial charge is 0.341 e. The lowest BCUT2D eigenvalue weighted by molar-refractivity contribution is -0.136. The molecule has 2 fully saturated rings. The molecule has 2 N–H and O–H groups in total. The minimum atomic E-state index is -3.33. The van der Waals surface area contributed by atoms with E-state index in [4.69, 9.17) is 0 Å². The summed E-state index contributed by atoms with van der Waals surface area (Å²) in [5.74, 6) is 0.298. The molecule has 2 rings (SSSR count). The predicted octanol–water partition coefficient (Wildman–Crippen LogP) is 0.306. The van der Waals surface area contributed by atoms with Gasteiger partial charge in [-0.05, 0) is 32.7 Å². The molecule has 0 radical (unpaired) electrons. The highest BCUT2D eigenvalue weighted by Gasteiger charge is 2.35. The van der Waals surface area contributed by atoms with Crippen LogP contribution >= 0.6 is 0 Å². The van der Waals surface area contributed by atoms with Gasteiger partial charge in [-0.3, -0.25) is 4.79 Å². The van der Waals surface area contributed by atoms with Gasteiger partial charge >= 0.3 is 0 Å². The first-order valence-electron chi connectivity index (χ1n) is 7.96. The molecule has 0 aromatic rings. The van der Waals surface area contributed by atoms with Crippen LogP contribution in [0.4, 0.5) is 0 Å². The van der Waals surface area contributed by atoms with Crippen LogP contribution in [0.15, 0.2) is 0 Å². The van der Waals surface area contributed by atoms with E-state index < -0.39 is 15.3 Å². The molecule has 0 aromatic carbocycles. The van der Waals surface area contributed by atoms with Crippen molar-refractivity contribution in [3.8, 4) is 0 Å². The molecule has 1 aliphatic heterocycles. The van der Waals surface area contributed by atoms with Crippen molar-refractivity contribution in [1.29, 1.82) is 0 Å². The fourth-order valence-corrected chi connectivity index (χ4v) is 4.73. The summed E-state index contributed by atoms with van der Waals surface area (Å²) in [7, 11) is -1.54. The van der Waals surface area contributed by atoms with Gasteiger partial charge in [0.05, 0.1) is 5.25 Å². The number of carbonyl (C=O) groups excluding carboxylic acids is 1. The van der Waals surface area contributed by atoms with Crippen LogP contribution in [0.25, 0.3) is 0 Å². The van der Waals surface area contributed by atoms with E-state index in [2.05, 4.69) is 10.0 Å². The van der Waals surface area contributed by atoms with Crippen molar-refractivity contribution >= 4 is 15.9 Å². The number of likely N-dealkylation sites (N-methyl/N-ethyl adjacent to an activating group) is 1. The van der Waals surface area contributed by atoms with Gasteiger partial charge in [-0.25, -0.2) is 13.1 Å². The normalized spacial score (nSPS) is 24.4. The van der Waals surface area contributed by atoms with Crippen molar-refractivity contribution in [2.45, 2.75) is 43.8 Å². The molecule has 1 heterocycles. The summed E-state index contributed by atoms with van der Waals surface area (Å²) >= 11 is 0. The Morgan fingerprint density at radius 3 is 2.52 bits per heavy atom. The molecule has 122 valence electrons. The fourth-order valence-electron chi connectivity index (χ4n) is 3.26. The Morgan fingerprint density at radius 1 is 1.14 bits per heavy atom. The molecule has 1 unspecified atom stereocenters. The van der Waals surface area contributed by atoms with E-state index >= 15 is 0 Å². The standard InChI is InChI=1S/C14H27N3O3S/c1-15-8-9-16-21(19,20)13-7-4-10-17(11-13)14(18)12-5-2-3-6-12/h12-13,15-16H,2-11H2,1H3. The fraction of sp³-hybridized carbons (Fsp3) is 0.929. The van der Waals surface area contributed by atoms with Crippen LogP contribution in [0.1, 0.15) is 38.5 Å². The lowest BCUT2D eigenvalue weighted by atomic mass is 10.0. The number of amides is 1. The maximum atomic E-state index is 12.4. The summed E-state index contributed by atoms with van der Waals surface area (Å²) in [5, 5.41) is 2.45. The van der Waals surface area contributed by atoms with Gasteiger partial charge < -0.3 is 10.2 Å². The smallest absolute Gasteiger partial charge is 0.225 e. The molecule has 21 heavy (non-hydrogen) atoms. The third kappa shape index (κ3) is 4.40. The summed E-state index contributed by atoms with van der Waals surface area (Å²) in [4.78, 5) is 14.2. The molecule has 0 aromatic heterocycles. The molecule has 1 saturated carbocycles. The Bertz CT molecular complexity index is 446. The number of hydrogen-bond acceptors (Lipinski definition) is 4. The average molecular weight is 317 g/mol. The second-order valence-electron chi connectivity index (χ2n) is 6.07. The summed E-state index contributed by atoms with van der Waals surface area (Å²) in [6, 6.07) is 0. The zero-order valence-electron chi connectivity index (χ0n) is 12.8. The first-order valence-corrected chi connectivity index (χ1v) is 9.51. The van der Waals surface area contributed by atoms with E-state index in [-0.39, 0.29) is 11.8 Å². The molecular formula is C14H27N3O3S. The molecule has 0 bridgehead atoms. The molecule has 1 saturated heterocycles. The molecule has 2 aliphatic rings. The highest BCUT2D eigenvalue weighted by Crippen LogP contribution is 2.28. The van der Waals surface area contributed by atoms with Crippen molar-refractivity contribution < 1.29 is 13.2 Å². The third-order valence-corrected chi connectivity index (χ3v) is 6.38. The van der Waals surface area contributed by atoms with Gasteiger partial charge in [-0.1, -0.05) is 12.8 Å². The van der Waals surface area contributed by atoms with Crippen LogP contribution in [0.2, 0.25) is 0 Å². The van der Waals surface area contributed by atoms with E-state index in [0.717, 1.165) is 32.1 Å². The van der Waals surface area contributed by atoms with Crippen LogP contribution in [-0.2, 0) is 14.8 Å². The van der Waals surface area contributed by atoms with Crippen molar-refractivity contribution in [3.63, 3.8) is 0 Å². The number of nitrogens with one attached hydrogen (secondary N) is 2. The van der Waals surface area contributed by atoms with Crippen molar-refractivity contribution in [2.24, 2.45) is 5.92 Å². The third-order valence-electron chi connectivity index (χ3n) is 4.51. The van der Waals surface area contributed by atoms with E-state index in [1.807, 2.05) is 0 Å². The quantitative estimate of drug-likeness (QED) is 0.691. The van der Waals surface area contributed by atoms with Gasteiger partial charge in [-0.15, -0.1) is 0 Å². The molecule has 6 nitrogen and oxygen atoms in total. The minimum absolute atomic E-state index is 0.128. The molecule has 7 heteroatoms. The van der Waals surface area contributed by atoms with Gasteiger partial charge in [0, 0.05) is 32.1 Å². The molecule has 0 spiro atoms. The predicted molar refractivity (Wildman–Crippen MR) is 82.4 cm³/mol. The Balaban J connectivity index is 1.91. The monoisotopic (exact) mass is 317 g/mol. The van der Waals surface area contributed by atoms with Gasteiger partial charge in [0.15, 0.2) is 0 Å². The van der Waals surface area contributed by atoms with E-state index in [1.54, 1.807) is 11.9 Å². The number of nitrogens with zero attached hydrogens (tertiary/aromatic N) is 1. The Labute approximate surface area is 127 Å². The van der Waals surface area contributed by atoms with Crippen LogP contribution < -0.4 is 10.0 Å². The first kappa shape index (κ1) is 16.7. The zero-order chi connectivity index (χ0) is 15.3. The minimum Gasteiger partial charge on any atom is -0.341 e. The number of likely N-dealkylation sites (tertiary alicyclic amines) is 1. The van der Waals surface area contributed by atoms with Gasteiger partial charge in [-0.2, -0.15) is 0 Å². The summed E-state index contributed by atoms with van der Waals surface area (Å²) in [6.07, 6.45) is 5.59. The molecule has 1 atom stereocenters. The SMILES string of the molecule is CNCCNS(=O)(=O)C1CCCN(C(=O)C2CCCC2)C1. The lowest BCUT2D eigenvalue weighted by Gasteiger charge is -2.34. The van der Waals surface area contributed by atoms with Crippen LogP contribution in [-0.4, -0.2) is 57.7 Å². The van der Waals surface area contributed by atoms with Gasteiger partial charge in [0.2, 0.25) is 15.9 Å². The number of piperidine rings is 1. The van der Waals surface area contributed by atoms with Crippen molar-refractivity contribution in [2.75, 3.05) is 33.2 Å². The number of sulfonamides is 1. The van der Waals surface area contributed by atoms with Crippen LogP contribution in [0.3, 0.4) is 0 Å². The van der Waals surface area contributed by atoms with Crippen LogP contribution in [0, 0.1) is 5.92 Å². The number of carbonyl (C=O) groups is 1. The Morgan fingerprint density at radius 2 is 1.86 bits per heavy atom. The van der Waals surface area contributed by atoms with Gasteiger partial charge in [0.25, 0.3) is 0 Å². The zero-order valence-corrected chi connectivity index (χ0v) is 13.6. The van der Waals surface area contributed by atoms with E-state index in [0.29, 0.717) is 32.6 Å². The Hall–Kier alpha value is -0.660. The summed E-state index contributed by atoms with van der Waals surface area (Å²) in [6.45, 7) is 2.06. The topological polar surface area (TPSA) is 78.5 Å². The molecular weight excluding hydrogens is 290 g/mol. The Kier molecular flexibility index (Phi) is 6.01. The molecule has 1 aliphatic carbocycles. The second kappa shape index (κ2) is 7.56. The highest BCUT2D eigenvalue weighted by atomic mass is 32.2. The van der Waals surface area contributed by atoms with E-state index in [1.165, 1.54) is 0 Å². The van der Waals surface area contributed by atoms with Crippen LogP contribution in [0.5, 0.6) is 0 Å². The maximum absolute atomic E-state index is 12.4. The van der Waals surface area contributed by atoms with Crippen molar-refractivity contribution in [3.05, 3.63) is 0 Å². The summed E-state index contributed by atoms with van der Waals surface area (Å²) < 4.78 is 27.2. The molecule has 1 amide bonds. The first-order chi connectivity index (χ1) is 10.0. The van der Waals surface area contributed by atoms with Gasteiger partial charge in [0.1, 0.15) is 0 Å². The average Bonchev–Trinajstić information content (AvgIpc) is 3.01. The van der Waals surface area contributed by atoms with E-state index in [9.17, 15) is 13.2 Å². The number of rotatable bonds is 6. The van der Waals surface area contributed by atoms with Crippen molar-refractivity contribution in [1.82, 2.24) is 14.9 Å². The summed E-state index contributed by atoms with van der Waals surface area (Å²) in [5.41, 5.74) is 0.